The summed E-state index contributed by atoms with van der Waals surface area (Å²) in [4.78, 5) is 13.0. The van der Waals surface area contributed by atoms with E-state index in [-0.39, 0.29) is 12.5 Å². The highest BCUT2D eigenvalue weighted by atomic mass is 16.7. The Morgan fingerprint density at radius 2 is 0.882 bits per heavy atom. The molecule has 7 atom stereocenters. The Morgan fingerprint density at radius 1 is 0.500 bits per heavy atom. The van der Waals surface area contributed by atoms with Crippen molar-refractivity contribution in [3.63, 3.8) is 0 Å². The van der Waals surface area contributed by atoms with Crippen molar-refractivity contribution in [1.29, 1.82) is 0 Å². The Labute approximate surface area is 418 Å². The van der Waals surface area contributed by atoms with Gasteiger partial charge < -0.3 is 40.3 Å². The van der Waals surface area contributed by atoms with Crippen LogP contribution in [0.4, 0.5) is 0 Å². The summed E-state index contributed by atoms with van der Waals surface area (Å²) in [5.74, 6) is -0.185. The number of ether oxygens (including phenoxy) is 2. The number of amides is 1. The third-order valence-electron chi connectivity index (χ3n) is 13.6. The highest BCUT2D eigenvalue weighted by molar-refractivity contribution is 5.76. The first-order valence-electron chi connectivity index (χ1n) is 28.9. The van der Waals surface area contributed by atoms with Crippen LogP contribution in [0.25, 0.3) is 0 Å². The third kappa shape index (κ3) is 37.9. The van der Waals surface area contributed by atoms with Gasteiger partial charge in [-0.15, -0.1) is 0 Å². The smallest absolute Gasteiger partial charge is 0.220 e. The Bertz CT molecular complexity index is 1210. The van der Waals surface area contributed by atoms with Crippen LogP contribution in [0, 0.1) is 0 Å². The van der Waals surface area contributed by atoms with Crippen molar-refractivity contribution < 1.29 is 39.8 Å². The molecule has 398 valence electrons. The molecule has 1 rings (SSSR count). The SMILES string of the molecule is CCCCCCC/C=C\C/C=C\CCCCCCCCCCCCCCCCCCCCCCCC(=O)NC(COC1OC(CO)C(O)C(O)C1O)C(O)/C=C/CC/C=C/CCCCCCCC. The van der Waals surface area contributed by atoms with Crippen LogP contribution in [-0.4, -0.2) is 87.5 Å². The highest BCUT2D eigenvalue weighted by Gasteiger charge is 2.44. The quantitative estimate of drug-likeness (QED) is 0.0261. The molecule has 0 aromatic heterocycles. The molecule has 0 spiro atoms. The number of aliphatic hydroxyl groups is 5. The summed E-state index contributed by atoms with van der Waals surface area (Å²) in [6.45, 7) is 3.74. The minimum Gasteiger partial charge on any atom is -0.394 e. The summed E-state index contributed by atoms with van der Waals surface area (Å²) in [6, 6.07) is -0.819. The van der Waals surface area contributed by atoms with Crippen molar-refractivity contribution in [3.05, 3.63) is 48.6 Å². The largest absolute Gasteiger partial charge is 0.394 e. The van der Waals surface area contributed by atoms with Gasteiger partial charge in [-0.3, -0.25) is 4.79 Å². The van der Waals surface area contributed by atoms with Crippen LogP contribution < -0.4 is 5.32 Å². The molecule has 9 nitrogen and oxygen atoms in total. The van der Waals surface area contributed by atoms with E-state index in [4.69, 9.17) is 9.47 Å². The standard InChI is InChI=1S/C59H109NO8/c1-3-5-7-9-11-13-15-17-18-19-20-21-22-23-24-25-26-27-28-29-30-31-32-33-34-35-36-37-39-41-43-45-47-49-55(63)60-52(51-67-59-58(66)57(65)56(64)54(50-61)68-59)53(62)48-46-44-42-40-38-16-14-12-10-8-6-4-2/h15,17,19-20,38,40,46,48,52-54,56-59,61-62,64-66H,3-14,16,18,21-37,39,41-45,47,49-51H2,1-2H3,(H,60,63)/b17-15-,20-19-,40-38+,48-46+. The van der Waals surface area contributed by atoms with Gasteiger partial charge in [0.25, 0.3) is 0 Å². The molecule has 1 fully saturated rings. The fraction of sp³-hybridized carbons (Fsp3) is 0.847. The van der Waals surface area contributed by atoms with Crippen LogP contribution in [-0.2, 0) is 14.3 Å². The predicted octanol–water partition coefficient (Wildman–Crippen LogP) is 14.1. The number of hydrogen-bond donors (Lipinski definition) is 6. The zero-order valence-corrected chi connectivity index (χ0v) is 44.1. The van der Waals surface area contributed by atoms with Gasteiger partial charge in [-0.2, -0.15) is 0 Å². The van der Waals surface area contributed by atoms with E-state index in [2.05, 4.69) is 55.6 Å². The maximum absolute atomic E-state index is 13.0. The number of carbonyl (C=O) groups is 1. The molecule has 0 aromatic rings. The molecular weight excluding hydrogens is 851 g/mol. The number of hydrogen-bond acceptors (Lipinski definition) is 8. The lowest BCUT2D eigenvalue weighted by Gasteiger charge is -2.40. The molecule has 0 bridgehead atoms. The van der Waals surface area contributed by atoms with Crippen molar-refractivity contribution >= 4 is 5.91 Å². The lowest BCUT2D eigenvalue weighted by Crippen LogP contribution is -2.60. The van der Waals surface area contributed by atoms with E-state index >= 15 is 0 Å². The minimum atomic E-state index is -1.57. The van der Waals surface area contributed by atoms with Crippen LogP contribution in [0.3, 0.4) is 0 Å². The van der Waals surface area contributed by atoms with E-state index in [1.54, 1.807) is 6.08 Å². The molecule has 1 amide bonds. The molecule has 1 heterocycles. The maximum Gasteiger partial charge on any atom is 0.220 e. The second-order valence-corrected chi connectivity index (χ2v) is 20.1. The van der Waals surface area contributed by atoms with Crippen molar-refractivity contribution in [3.8, 4) is 0 Å². The topological polar surface area (TPSA) is 149 Å². The number of allylic oxidation sites excluding steroid dienone is 7. The van der Waals surface area contributed by atoms with Crippen molar-refractivity contribution in [2.45, 2.75) is 307 Å². The number of rotatable bonds is 49. The molecule has 0 aliphatic carbocycles. The summed E-state index contributed by atoms with van der Waals surface area (Å²) >= 11 is 0. The van der Waals surface area contributed by atoms with Crippen LogP contribution in [0.15, 0.2) is 48.6 Å². The first-order chi connectivity index (χ1) is 33.3. The van der Waals surface area contributed by atoms with Gasteiger partial charge in [-0.25, -0.2) is 0 Å². The van der Waals surface area contributed by atoms with Gasteiger partial charge >= 0.3 is 0 Å². The zero-order chi connectivity index (χ0) is 49.4. The first kappa shape index (κ1) is 64.2. The monoisotopic (exact) mass is 960 g/mol. The summed E-state index contributed by atoms with van der Waals surface area (Å²) < 4.78 is 11.2. The van der Waals surface area contributed by atoms with E-state index in [0.717, 1.165) is 44.9 Å². The van der Waals surface area contributed by atoms with E-state index in [0.29, 0.717) is 6.42 Å². The predicted molar refractivity (Wildman–Crippen MR) is 286 cm³/mol. The summed E-state index contributed by atoms with van der Waals surface area (Å²) in [6.07, 6.45) is 57.7. The van der Waals surface area contributed by atoms with E-state index in [1.165, 1.54) is 199 Å². The Balaban J connectivity index is 2.10. The number of nitrogens with one attached hydrogen (secondary N) is 1. The Morgan fingerprint density at radius 3 is 1.32 bits per heavy atom. The van der Waals surface area contributed by atoms with Crippen molar-refractivity contribution in [2.75, 3.05) is 13.2 Å². The lowest BCUT2D eigenvalue weighted by atomic mass is 9.99. The summed E-state index contributed by atoms with van der Waals surface area (Å²) in [5.41, 5.74) is 0. The van der Waals surface area contributed by atoms with Gasteiger partial charge in [0.05, 0.1) is 25.4 Å². The van der Waals surface area contributed by atoms with Crippen molar-refractivity contribution in [1.82, 2.24) is 5.32 Å². The molecule has 1 saturated heterocycles. The fourth-order valence-electron chi connectivity index (χ4n) is 9.03. The van der Waals surface area contributed by atoms with Gasteiger partial charge in [0.2, 0.25) is 5.91 Å². The Hall–Kier alpha value is -1.85. The van der Waals surface area contributed by atoms with Crippen molar-refractivity contribution in [2.24, 2.45) is 0 Å². The molecule has 1 aliphatic heterocycles. The van der Waals surface area contributed by atoms with Crippen LogP contribution in [0.5, 0.6) is 0 Å². The highest BCUT2D eigenvalue weighted by Crippen LogP contribution is 2.23. The number of aliphatic hydroxyl groups excluding tert-OH is 5. The van der Waals surface area contributed by atoms with E-state index < -0.39 is 49.5 Å². The van der Waals surface area contributed by atoms with Crippen LogP contribution >= 0.6 is 0 Å². The van der Waals surface area contributed by atoms with Crippen LogP contribution in [0.2, 0.25) is 0 Å². The third-order valence-corrected chi connectivity index (χ3v) is 13.6. The molecule has 9 heteroatoms. The Kier molecular flexibility index (Phi) is 46.0. The lowest BCUT2D eigenvalue weighted by molar-refractivity contribution is -0.302. The van der Waals surface area contributed by atoms with Crippen LogP contribution in [0.1, 0.15) is 264 Å². The van der Waals surface area contributed by atoms with Gasteiger partial charge in [0.1, 0.15) is 24.4 Å². The summed E-state index contributed by atoms with van der Waals surface area (Å²) in [7, 11) is 0. The minimum absolute atomic E-state index is 0.185. The van der Waals surface area contributed by atoms with Gasteiger partial charge in [0, 0.05) is 6.42 Å². The molecule has 0 aromatic carbocycles. The molecule has 7 unspecified atom stereocenters. The average Bonchev–Trinajstić information content (AvgIpc) is 3.34. The second kappa shape index (κ2) is 48.8. The summed E-state index contributed by atoms with van der Waals surface area (Å²) in [5, 5.41) is 54.3. The zero-order valence-electron chi connectivity index (χ0n) is 44.1. The fourth-order valence-corrected chi connectivity index (χ4v) is 9.03. The number of carbonyl (C=O) groups excluding carboxylic acids is 1. The number of unbranched alkanes of at least 4 members (excludes halogenated alkanes) is 33. The molecule has 1 aliphatic rings. The second-order valence-electron chi connectivity index (χ2n) is 20.1. The van der Waals surface area contributed by atoms with E-state index in [1.807, 2.05) is 6.08 Å². The van der Waals surface area contributed by atoms with E-state index in [9.17, 15) is 30.3 Å². The normalized spacial score (nSPS) is 19.9. The first-order valence-corrected chi connectivity index (χ1v) is 28.9. The van der Waals surface area contributed by atoms with Gasteiger partial charge in [0.15, 0.2) is 6.29 Å². The average molecular weight is 961 g/mol. The molecular formula is C59H109NO8. The van der Waals surface area contributed by atoms with Gasteiger partial charge in [-0.1, -0.05) is 242 Å². The maximum atomic E-state index is 13.0. The van der Waals surface area contributed by atoms with Gasteiger partial charge in [-0.05, 0) is 64.2 Å². The molecule has 6 N–H and O–H groups in total. The molecule has 68 heavy (non-hydrogen) atoms. The molecule has 0 radical (unpaired) electrons. The molecule has 0 saturated carbocycles.